The Morgan fingerprint density at radius 1 is 0.593 bits per heavy atom. The fourth-order valence-corrected chi connectivity index (χ4v) is 3.29. The number of ether oxygens (including phenoxy) is 1. The van der Waals surface area contributed by atoms with E-state index in [4.69, 9.17) is 4.74 Å². The van der Waals surface area contributed by atoms with Gasteiger partial charge >= 0.3 is 5.97 Å². The number of allylic oxidation sites excluding steroid dienone is 2. The first-order chi connectivity index (χ1) is 13.3. The maximum Gasteiger partial charge on any atom is 0.305 e. The van der Waals surface area contributed by atoms with Gasteiger partial charge in [0.1, 0.15) is 0 Å². The zero-order valence-electron chi connectivity index (χ0n) is 18.6. The molecule has 160 valence electrons. The maximum atomic E-state index is 11.6. The molecule has 0 amide bonds. The Hall–Kier alpha value is -0.790. The minimum atomic E-state index is 0.00855. The van der Waals surface area contributed by atoms with E-state index in [0.717, 1.165) is 12.8 Å². The van der Waals surface area contributed by atoms with E-state index in [-0.39, 0.29) is 5.97 Å². The lowest BCUT2D eigenvalue weighted by molar-refractivity contribution is -0.143. The highest BCUT2D eigenvalue weighted by Crippen LogP contribution is 2.11. The SMILES string of the molecule is CCCC/C=C\CCCCCCCCCCOC(=O)CCCCCCCC. The van der Waals surface area contributed by atoms with Gasteiger partial charge in [-0.15, -0.1) is 0 Å². The summed E-state index contributed by atoms with van der Waals surface area (Å²) in [5, 5.41) is 0. The largest absolute Gasteiger partial charge is 0.466 e. The van der Waals surface area contributed by atoms with Crippen molar-refractivity contribution in [1.82, 2.24) is 0 Å². The molecule has 0 bridgehead atoms. The monoisotopic (exact) mass is 380 g/mol. The summed E-state index contributed by atoms with van der Waals surface area (Å²) in [5.41, 5.74) is 0. The number of hydrogen-bond acceptors (Lipinski definition) is 2. The molecule has 2 heteroatoms. The van der Waals surface area contributed by atoms with Gasteiger partial charge in [0, 0.05) is 6.42 Å². The zero-order valence-corrected chi connectivity index (χ0v) is 18.6. The van der Waals surface area contributed by atoms with Crippen molar-refractivity contribution in [3.8, 4) is 0 Å². The van der Waals surface area contributed by atoms with Crippen LogP contribution < -0.4 is 0 Å². The van der Waals surface area contributed by atoms with Crippen LogP contribution >= 0.6 is 0 Å². The Kier molecular flexibility index (Phi) is 22.6. The van der Waals surface area contributed by atoms with Gasteiger partial charge < -0.3 is 4.74 Å². The van der Waals surface area contributed by atoms with Crippen molar-refractivity contribution in [1.29, 1.82) is 0 Å². The third-order valence-electron chi connectivity index (χ3n) is 5.15. The van der Waals surface area contributed by atoms with Crippen LogP contribution in [-0.4, -0.2) is 12.6 Å². The highest BCUT2D eigenvalue weighted by molar-refractivity contribution is 5.69. The molecule has 27 heavy (non-hydrogen) atoms. The number of unbranched alkanes of at least 4 members (excludes halogenated alkanes) is 15. The summed E-state index contributed by atoms with van der Waals surface area (Å²) in [7, 11) is 0. The van der Waals surface area contributed by atoms with E-state index in [9.17, 15) is 4.79 Å². The molecule has 0 radical (unpaired) electrons. The molecule has 0 aliphatic carbocycles. The van der Waals surface area contributed by atoms with Crippen molar-refractivity contribution in [3.05, 3.63) is 12.2 Å². The molecular formula is C25H48O2. The molecule has 0 spiro atoms. The third-order valence-corrected chi connectivity index (χ3v) is 5.15. The molecule has 0 aromatic carbocycles. The van der Waals surface area contributed by atoms with E-state index in [1.165, 1.54) is 103 Å². The molecule has 0 rings (SSSR count). The van der Waals surface area contributed by atoms with Gasteiger partial charge in [-0.1, -0.05) is 109 Å². The fourth-order valence-electron chi connectivity index (χ4n) is 3.29. The quantitative estimate of drug-likeness (QED) is 0.113. The van der Waals surface area contributed by atoms with E-state index in [1.807, 2.05) is 0 Å². The van der Waals surface area contributed by atoms with Crippen molar-refractivity contribution in [3.63, 3.8) is 0 Å². The zero-order chi connectivity index (χ0) is 19.8. The van der Waals surface area contributed by atoms with Gasteiger partial charge in [0.25, 0.3) is 0 Å². The highest BCUT2D eigenvalue weighted by atomic mass is 16.5. The molecule has 2 nitrogen and oxygen atoms in total. The van der Waals surface area contributed by atoms with E-state index in [1.54, 1.807) is 0 Å². The van der Waals surface area contributed by atoms with E-state index < -0.39 is 0 Å². The van der Waals surface area contributed by atoms with Gasteiger partial charge in [-0.3, -0.25) is 4.79 Å². The van der Waals surface area contributed by atoms with Crippen molar-refractivity contribution in [2.24, 2.45) is 0 Å². The molecule has 0 fully saturated rings. The summed E-state index contributed by atoms with van der Waals surface area (Å²) >= 11 is 0. The number of hydrogen-bond donors (Lipinski definition) is 0. The predicted molar refractivity (Wildman–Crippen MR) is 119 cm³/mol. The van der Waals surface area contributed by atoms with E-state index in [2.05, 4.69) is 26.0 Å². The van der Waals surface area contributed by atoms with Crippen molar-refractivity contribution in [2.75, 3.05) is 6.61 Å². The van der Waals surface area contributed by atoms with Crippen LogP contribution in [0.1, 0.15) is 136 Å². The summed E-state index contributed by atoms with van der Waals surface area (Å²) in [6, 6.07) is 0. The fraction of sp³-hybridized carbons (Fsp3) is 0.880. The second-order valence-corrected chi connectivity index (χ2v) is 7.97. The second kappa shape index (κ2) is 23.2. The van der Waals surface area contributed by atoms with Gasteiger partial charge in [-0.05, 0) is 32.1 Å². The molecule has 0 heterocycles. The van der Waals surface area contributed by atoms with Crippen LogP contribution in [0.3, 0.4) is 0 Å². The smallest absolute Gasteiger partial charge is 0.305 e. The lowest BCUT2D eigenvalue weighted by Crippen LogP contribution is -2.05. The molecule has 0 aliphatic rings. The average molecular weight is 381 g/mol. The highest BCUT2D eigenvalue weighted by Gasteiger charge is 2.02. The van der Waals surface area contributed by atoms with Crippen LogP contribution in [0.4, 0.5) is 0 Å². The standard InChI is InChI=1S/C25H48O2/c1-3-5-7-9-11-12-13-14-15-16-17-18-20-22-24-27-25(26)23-21-19-10-8-6-4-2/h9,11H,3-8,10,12-24H2,1-2H3/b11-9-. The van der Waals surface area contributed by atoms with Gasteiger partial charge in [0.05, 0.1) is 6.61 Å². The van der Waals surface area contributed by atoms with Crippen molar-refractivity contribution in [2.45, 2.75) is 136 Å². The normalized spacial score (nSPS) is 11.3. The Morgan fingerprint density at radius 2 is 1.07 bits per heavy atom. The minimum Gasteiger partial charge on any atom is -0.466 e. The van der Waals surface area contributed by atoms with Gasteiger partial charge in [0.2, 0.25) is 0 Å². The van der Waals surface area contributed by atoms with Gasteiger partial charge in [-0.2, -0.15) is 0 Å². The summed E-state index contributed by atoms with van der Waals surface area (Å²) in [6.45, 7) is 5.10. The Labute approximate surface area is 170 Å². The second-order valence-electron chi connectivity index (χ2n) is 7.97. The van der Waals surface area contributed by atoms with E-state index in [0.29, 0.717) is 13.0 Å². The topological polar surface area (TPSA) is 26.3 Å². The van der Waals surface area contributed by atoms with Crippen LogP contribution in [-0.2, 0) is 9.53 Å². The number of carbonyl (C=O) groups is 1. The molecule has 0 saturated carbocycles. The molecule has 0 aliphatic heterocycles. The summed E-state index contributed by atoms with van der Waals surface area (Å²) in [6.07, 6.45) is 28.1. The molecule has 0 aromatic heterocycles. The lowest BCUT2D eigenvalue weighted by Gasteiger charge is -2.05. The summed E-state index contributed by atoms with van der Waals surface area (Å²) in [4.78, 5) is 11.6. The summed E-state index contributed by atoms with van der Waals surface area (Å²) < 4.78 is 5.33. The molecule has 0 aromatic rings. The first-order valence-corrected chi connectivity index (χ1v) is 12.1. The van der Waals surface area contributed by atoms with Crippen LogP contribution in [0.25, 0.3) is 0 Å². The van der Waals surface area contributed by atoms with Crippen LogP contribution in [0.2, 0.25) is 0 Å². The maximum absolute atomic E-state index is 11.6. The minimum absolute atomic E-state index is 0.00855. The molecular weight excluding hydrogens is 332 g/mol. The first kappa shape index (κ1) is 26.2. The molecule has 0 atom stereocenters. The Morgan fingerprint density at radius 3 is 1.70 bits per heavy atom. The van der Waals surface area contributed by atoms with Crippen molar-refractivity contribution >= 4 is 5.97 Å². The van der Waals surface area contributed by atoms with Gasteiger partial charge in [0.15, 0.2) is 0 Å². The third kappa shape index (κ3) is 23.2. The Balaban J connectivity index is 3.15. The van der Waals surface area contributed by atoms with Crippen LogP contribution in [0.5, 0.6) is 0 Å². The number of carbonyl (C=O) groups excluding carboxylic acids is 1. The number of rotatable bonds is 21. The van der Waals surface area contributed by atoms with Crippen LogP contribution in [0.15, 0.2) is 12.2 Å². The Bertz CT molecular complexity index is 322. The van der Waals surface area contributed by atoms with Crippen molar-refractivity contribution < 1.29 is 9.53 Å². The molecule has 0 unspecified atom stereocenters. The molecule has 0 N–H and O–H groups in total. The average Bonchev–Trinajstić information content (AvgIpc) is 2.67. The predicted octanol–water partition coefficient (Wildman–Crippen LogP) is 8.54. The first-order valence-electron chi connectivity index (χ1n) is 12.1. The van der Waals surface area contributed by atoms with Crippen LogP contribution in [0, 0.1) is 0 Å². The summed E-state index contributed by atoms with van der Waals surface area (Å²) in [5.74, 6) is 0.00855. The molecule has 0 saturated heterocycles. The number of esters is 1. The van der Waals surface area contributed by atoms with Gasteiger partial charge in [-0.25, -0.2) is 0 Å². The lowest BCUT2D eigenvalue weighted by atomic mass is 10.1. The van der Waals surface area contributed by atoms with E-state index >= 15 is 0 Å².